The Balaban J connectivity index is 2.59. The molecule has 0 radical (unpaired) electrons. The van der Waals surface area contributed by atoms with Gasteiger partial charge in [0.25, 0.3) is 0 Å². The van der Waals surface area contributed by atoms with Crippen LogP contribution in [0.25, 0.3) is 0 Å². The van der Waals surface area contributed by atoms with Crippen LogP contribution in [0.1, 0.15) is 31.9 Å². The van der Waals surface area contributed by atoms with E-state index in [0.29, 0.717) is 5.92 Å². The van der Waals surface area contributed by atoms with E-state index in [9.17, 15) is 13.2 Å². The molecule has 1 aromatic carbocycles. The number of urea groups is 1. The van der Waals surface area contributed by atoms with Crippen LogP contribution in [0.2, 0.25) is 0 Å². The Kier molecular flexibility index (Phi) is 6.68. The van der Waals surface area contributed by atoms with Gasteiger partial charge in [-0.1, -0.05) is 44.2 Å². The van der Waals surface area contributed by atoms with E-state index in [2.05, 4.69) is 24.5 Å². The van der Waals surface area contributed by atoms with E-state index in [1.165, 1.54) is 0 Å². The first-order valence-electron chi connectivity index (χ1n) is 7.05. The standard InChI is InChI=1S/C15H24N2O3S/c1-12(2)11-14(13-7-5-4-6-8-13)17-15(18)16-9-10-21(3,19)20/h4-8,12,14H,9-11H2,1-3H3,(H2,16,17,18)/t14-/m1/s1. The van der Waals surface area contributed by atoms with Gasteiger partial charge in [-0.25, -0.2) is 13.2 Å². The number of hydrogen-bond acceptors (Lipinski definition) is 3. The van der Waals surface area contributed by atoms with E-state index < -0.39 is 9.84 Å². The molecule has 0 saturated carbocycles. The Hall–Kier alpha value is -1.56. The van der Waals surface area contributed by atoms with Crippen molar-refractivity contribution in [3.8, 4) is 0 Å². The molecule has 0 heterocycles. The highest BCUT2D eigenvalue weighted by Gasteiger charge is 2.16. The highest BCUT2D eigenvalue weighted by Crippen LogP contribution is 2.20. The third kappa shape index (κ3) is 7.70. The van der Waals surface area contributed by atoms with Gasteiger partial charge in [-0.3, -0.25) is 0 Å². The fourth-order valence-electron chi connectivity index (χ4n) is 1.99. The molecule has 0 spiro atoms. The molecule has 6 heteroatoms. The minimum Gasteiger partial charge on any atom is -0.337 e. The summed E-state index contributed by atoms with van der Waals surface area (Å²) in [5.41, 5.74) is 1.05. The highest BCUT2D eigenvalue weighted by molar-refractivity contribution is 7.90. The van der Waals surface area contributed by atoms with Gasteiger partial charge in [-0.05, 0) is 17.9 Å². The first-order chi connectivity index (χ1) is 9.78. The van der Waals surface area contributed by atoms with Crippen LogP contribution in [-0.4, -0.2) is 33.0 Å². The number of carbonyl (C=O) groups is 1. The average molecular weight is 312 g/mol. The molecular formula is C15H24N2O3S. The van der Waals surface area contributed by atoms with Crippen LogP contribution >= 0.6 is 0 Å². The van der Waals surface area contributed by atoms with Gasteiger partial charge in [0, 0.05) is 12.8 Å². The van der Waals surface area contributed by atoms with Gasteiger partial charge in [0.1, 0.15) is 9.84 Å². The molecule has 1 aromatic rings. The Bertz CT molecular complexity index is 541. The summed E-state index contributed by atoms with van der Waals surface area (Å²) in [6.07, 6.45) is 1.97. The minimum atomic E-state index is -3.06. The summed E-state index contributed by atoms with van der Waals surface area (Å²) < 4.78 is 22.1. The molecule has 0 bridgehead atoms. The summed E-state index contributed by atoms with van der Waals surface area (Å²) in [4.78, 5) is 11.9. The maximum atomic E-state index is 11.9. The Morgan fingerprint density at radius 3 is 2.33 bits per heavy atom. The summed E-state index contributed by atoms with van der Waals surface area (Å²) in [6, 6.07) is 9.34. The van der Waals surface area contributed by atoms with Crippen molar-refractivity contribution in [2.45, 2.75) is 26.3 Å². The monoisotopic (exact) mass is 312 g/mol. The topological polar surface area (TPSA) is 75.3 Å². The van der Waals surface area contributed by atoms with Gasteiger partial charge in [0.05, 0.1) is 11.8 Å². The largest absolute Gasteiger partial charge is 0.337 e. The lowest BCUT2D eigenvalue weighted by atomic mass is 9.97. The molecule has 2 amide bonds. The number of benzene rings is 1. The predicted molar refractivity (Wildman–Crippen MR) is 84.9 cm³/mol. The van der Waals surface area contributed by atoms with Crippen LogP contribution in [0.15, 0.2) is 30.3 Å². The maximum Gasteiger partial charge on any atom is 0.315 e. The Labute approximate surface area is 127 Å². The van der Waals surface area contributed by atoms with Crippen LogP contribution in [0, 0.1) is 5.92 Å². The molecule has 0 unspecified atom stereocenters. The lowest BCUT2D eigenvalue weighted by Crippen LogP contribution is -2.40. The number of nitrogens with one attached hydrogen (secondary N) is 2. The molecule has 5 nitrogen and oxygen atoms in total. The molecule has 1 rings (SSSR count). The first-order valence-corrected chi connectivity index (χ1v) is 9.11. The zero-order valence-electron chi connectivity index (χ0n) is 12.8. The van der Waals surface area contributed by atoms with E-state index in [-0.39, 0.29) is 24.4 Å². The molecule has 118 valence electrons. The zero-order valence-corrected chi connectivity index (χ0v) is 13.6. The minimum absolute atomic E-state index is 0.0550. The van der Waals surface area contributed by atoms with Gasteiger partial charge in [-0.2, -0.15) is 0 Å². The van der Waals surface area contributed by atoms with E-state index in [0.717, 1.165) is 18.2 Å². The Morgan fingerprint density at radius 1 is 1.19 bits per heavy atom. The molecule has 0 aliphatic rings. The number of sulfone groups is 1. The van der Waals surface area contributed by atoms with Crippen LogP contribution in [0.5, 0.6) is 0 Å². The Morgan fingerprint density at radius 2 is 1.81 bits per heavy atom. The van der Waals surface area contributed by atoms with Crippen LogP contribution in [0.3, 0.4) is 0 Å². The fraction of sp³-hybridized carbons (Fsp3) is 0.533. The molecule has 0 aliphatic carbocycles. The van der Waals surface area contributed by atoms with E-state index in [4.69, 9.17) is 0 Å². The summed E-state index contributed by atoms with van der Waals surface area (Å²) in [7, 11) is -3.06. The van der Waals surface area contributed by atoms with Crippen molar-refractivity contribution < 1.29 is 13.2 Å². The second-order valence-corrected chi connectivity index (χ2v) is 7.88. The van der Waals surface area contributed by atoms with Crippen molar-refractivity contribution in [2.75, 3.05) is 18.6 Å². The normalized spacial score (nSPS) is 13.0. The fourth-order valence-corrected chi connectivity index (χ4v) is 2.47. The third-order valence-corrected chi connectivity index (χ3v) is 3.92. The molecule has 0 aromatic heterocycles. The average Bonchev–Trinajstić information content (AvgIpc) is 2.37. The van der Waals surface area contributed by atoms with E-state index in [1.807, 2.05) is 30.3 Å². The van der Waals surface area contributed by atoms with Crippen molar-refractivity contribution in [2.24, 2.45) is 5.92 Å². The van der Waals surface area contributed by atoms with Gasteiger partial charge in [0.15, 0.2) is 0 Å². The smallest absolute Gasteiger partial charge is 0.315 e. The van der Waals surface area contributed by atoms with E-state index >= 15 is 0 Å². The summed E-state index contributed by atoms with van der Waals surface area (Å²) in [5.74, 6) is 0.382. The predicted octanol–water partition coefficient (Wildman–Crippen LogP) is 2.12. The third-order valence-electron chi connectivity index (χ3n) is 2.97. The van der Waals surface area contributed by atoms with Gasteiger partial charge < -0.3 is 10.6 Å². The number of carbonyl (C=O) groups excluding carboxylic acids is 1. The summed E-state index contributed by atoms with van der Waals surface area (Å²) >= 11 is 0. The molecule has 2 N–H and O–H groups in total. The molecular weight excluding hydrogens is 288 g/mol. The highest BCUT2D eigenvalue weighted by atomic mass is 32.2. The van der Waals surface area contributed by atoms with Gasteiger partial charge >= 0.3 is 6.03 Å². The van der Waals surface area contributed by atoms with Crippen molar-refractivity contribution in [3.05, 3.63) is 35.9 Å². The second kappa shape index (κ2) is 8.02. The lowest BCUT2D eigenvalue weighted by Gasteiger charge is -2.21. The van der Waals surface area contributed by atoms with E-state index in [1.54, 1.807) is 0 Å². The number of rotatable bonds is 7. The summed E-state index contributed by atoms with van der Waals surface area (Å²) in [6.45, 7) is 4.31. The molecule has 0 fully saturated rings. The quantitative estimate of drug-likeness (QED) is 0.810. The number of amides is 2. The van der Waals surface area contributed by atoms with Crippen LogP contribution < -0.4 is 10.6 Å². The molecule has 0 saturated heterocycles. The SMILES string of the molecule is CC(C)C[C@@H](NC(=O)NCCS(C)(=O)=O)c1ccccc1. The maximum absolute atomic E-state index is 11.9. The summed E-state index contributed by atoms with van der Waals surface area (Å²) in [5, 5.41) is 5.49. The zero-order chi connectivity index (χ0) is 15.9. The van der Waals surface area contributed by atoms with Crippen molar-refractivity contribution in [3.63, 3.8) is 0 Å². The van der Waals surface area contributed by atoms with Crippen molar-refractivity contribution >= 4 is 15.9 Å². The molecule has 21 heavy (non-hydrogen) atoms. The van der Waals surface area contributed by atoms with Crippen molar-refractivity contribution in [1.29, 1.82) is 0 Å². The van der Waals surface area contributed by atoms with Crippen LogP contribution in [0.4, 0.5) is 4.79 Å². The number of hydrogen-bond donors (Lipinski definition) is 2. The van der Waals surface area contributed by atoms with Crippen LogP contribution in [-0.2, 0) is 9.84 Å². The second-order valence-electron chi connectivity index (χ2n) is 5.62. The molecule has 0 aliphatic heterocycles. The molecule has 1 atom stereocenters. The first kappa shape index (κ1) is 17.5. The lowest BCUT2D eigenvalue weighted by molar-refractivity contribution is 0.235. The van der Waals surface area contributed by atoms with Gasteiger partial charge in [0.2, 0.25) is 0 Å². The van der Waals surface area contributed by atoms with Crippen molar-refractivity contribution in [1.82, 2.24) is 10.6 Å². The van der Waals surface area contributed by atoms with Gasteiger partial charge in [-0.15, -0.1) is 0 Å².